The maximum atomic E-state index is 13.4. The number of halogens is 4. The summed E-state index contributed by atoms with van der Waals surface area (Å²) < 4.78 is 52.0. The molecule has 0 atom stereocenters. The van der Waals surface area contributed by atoms with Gasteiger partial charge in [0.25, 0.3) is 0 Å². The molecule has 2 heterocycles. The summed E-state index contributed by atoms with van der Waals surface area (Å²) in [5.41, 5.74) is -1.49. The minimum absolute atomic E-state index is 0.0257. The van der Waals surface area contributed by atoms with E-state index in [0.29, 0.717) is 17.7 Å². The maximum Gasteiger partial charge on any atom is 0.419 e. The lowest BCUT2D eigenvalue weighted by Crippen LogP contribution is -2.07. The van der Waals surface area contributed by atoms with Gasteiger partial charge in [0.05, 0.1) is 16.8 Å². The standard InChI is InChI=1S/C19H10F4N4O/c20-15-2-1-12(9-14(15)19(21,22)23)27-16(10-24)13-5-8-26-17(18(13)28)11-3-6-25-7-4-11/h1-9,28H. The average molecular weight is 386 g/mol. The second kappa shape index (κ2) is 7.44. The van der Waals surface area contributed by atoms with Crippen LogP contribution in [0.15, 0.2) is 60.0 Å². The van der Waals surface area contributed by atoms with Gasteiger partial charge in [-0.25, -0.2) is 9.38 Å². The van der Waals surface area contributed by atoms with Crippen molar-refractivity contribution in [1.29, 1.82) is 5.26 Å². The summed E-state index contributed by atoms with van der Waals surface area (Å²) in [6.45, 7) is 0. The first kappa shape index (κ1) is 19.0. The zero-order valence-electron chi connectivity index (χ0n) is 13.9. The Morgan fingerprint density at radius 1 is 1.07 bits per heavy atom. The van der Waals surface area contributed by atoms with E-state index in [1.165, 1.54) is 24.7 Å². The minimum Gasteiger partial charge on any atom is -0.505 e. The van der Waals surface area contributed by atoms with Crippen LogP contribution in [0, 0.1) is 17.1 Å². The van der Waals surface area contributed by atoms with Crippen LogP contribution in [0.4, 0.5) is 23.2 Å². The second-order valence-corrected chi connectivity index (χ2v) is 5.53. The Bertz CT molecular complexity index is 1090. The number of benzene rings is 1. The van der Waals surface area contributed by atoms with E-state index in [1.807, 2.05) is 0 Å². The molecular weight excluding hydrogens is 376 g/mol. The number of aliphatic imine (C=N–C) groups is 1. The largest absolute Gasteiger partial charge is 0.505 e. The zero-order chi connectivity index (χ0) is 20.3. The van der Waals surface area contributed by atoms with Crippen molar-refractivity contribution in [2.75, 3.05) is 0 Å². The zero-order valence-corrected chi connectivity index (χ0v) is 13.9. The molecule has 2 aromatic heterocycles. The Morgan fingerprint density at radius 3 is 2.43 bits per heavy atom. The average Bonchev–Trinajstić information content (AvgIpc) is 2.67. The first-order valence-electron chi connectivity index (χ1n) is 7.75. The number of hydrogen-bond acceptors (Lipinski definition) is 5. The molecule has 0 radical (unpaired) electrons. The van der Waals surface area contributed by atoms with Gasteiger partial charge in [0, 0.05) is 24.2 Å². The van der Waals surface area contributed by atoms with Crippen molar-refractivity contribution in [3.05, 3.63) is 71.9 Å². The third-order valence-electron chi connectivity index (χ3n) is 3.74. The minimum atomic E-state index is -4.91. The van der Waals surface area contributed by atoms with E-state index < -0.39 is 17.6 Å². The molecule has 0 saturated heterocycles. The molecule has 0 aliphatic rings. The summed E-state index contributed by atoms with van der Waals surface area (Å²) in [5.74, 6) is -1.82. The fourth-order valence-corrected chi connectivity index (χ4v) is 2.44. The van der Waals surface area contributed by atoms with Gasteiger partial charge in [0.2, 0.25) is 0 Å². The van der Waals surface area contributed by atoms with Crippen LogP contribution in [0.2, 0.25) is 0 Å². The predicted octanol–water partition coefficient (Wildman–Crippen LogP) is 4.65. The number of hydrogen-bond donors (Lipinski definition) is 1. The molecule has 9 heteroatoms. The highest BCUT2D eigenvalue weighted by Crippen LogP contribution is 2.35. The Labute approximate surface area is 156 Å². The van der Waals surface area contributed by atoms with Crippen LogP contribution < -0.4 is 0 Å². The lowest BCUT2D eigenvalue weighted by Gasteiger charge is -2.10. The third-order valence-corrected chi connectivity index (χ3v) is 3.74. The molecule has 0 bridgehead atoms. The summed E-state index contributed by atoms with van der Waals surface area (Å²) in [7, 11) is 0. The summed E-state index contributed by atoms with van der Waals surface area (Å²) in [6, 6.07) is 8.33. The Morgan fingerprint density at radius 2 is 1.79 bits per heavy atom. The molecule has 0 fully saturated rings. The lowest BCUT2D eigenvalue weighted by atomic mass is 10.1. The Balaban J connectivity index is 2.10. The first-order valence-corrected chi connectivity index (χ1v) is 7.75. The molecule has 140 valence electrons. The summed E-state index contributed by atoms with van der Waals surface area (Å²) in [5, 5.41) is 19.9. The molecule has 1 N–H and O–H groups in total. The highest BCUT2D eigenvalue weighted by Gasteiger charge is 2.34. The molecule has 0 spiro atoms. The van der Waals surface area contributed by atoms with Crippen molar-refractivity contribution < 1.29 is 22.7 Å². The van der Waals surface area contributed by atoms with E-state index >= 15 is 0 Å². The fourth-order valence-electron chi connectivity index (χ4n) is 2.44. The monoisotopic (exact) mass is 386 g/mol. The van der Waals surface area contributed by atoms with Gasteiger partial charge in [-0.1, -0.05) is 0 Å². The van der Waals surface area contributed by atoms with Crippen LogP contribution in [-0.4, -0.2) is 20.8 Å². The maximum absolute atomic E-state index is 13.4. The van der Waals surface area contributed by atoms with Crippen LogP contribution in [0.25, 0.3) is 11.3 Å². The van der Waals surface area contributed by atoms with Crippen molar-refractivity contribution in [1.82, 2.24) is 9.97 Å². The van der Waals surface area contributed by atoms with Gasteiger partial charge < -0.3 is 5.11 Å². The Kier molecular flexibility index (Phi) is 5.04. The van der Waals surface area contributed by atoms with Gasteiger partial charge >= 0.3 is 6.18 Å². The van der Waals surface area contributed by atoms with E-state index in [0.717, 1.165) is 6.07 Å². The van der Waals surface area contributed by atoms with Gasteiger partial charge in [-0.3, -0.25) is 9.97 Å². The lowest BCUT2D eigenvalue weighted by molar-refractivity contribution is -0.139. The molecule has 0 aliphatic carbocycles. The molecule has 0 saturated carbocycles. The number of rotatable bonds is 3. The van der Waals surface area contributed by atoms with E-state index in [2.05, 4.69) is 15.0 Å². The molecule has 3 aromatic rings. The molecule has 0 unspecified atom stereocenters. The van der Waals surface area contributed by atoms with Gasteiger partial charge in [-0.15, -0.1) is 0 Å². The summed E-state index contributed by atoms with van der Waals surface area (Å²) in [4.78, 5) is 11.8. The van der Waals surface area contributed by atoms with Crippen LogP contribution in [0.1, 0.15) is 11.1 Å². The van der Waals surface area contributed by atoms with E-state index in [-0.39, 0.29) is 28.4 Å². The Hall–Kier alpha value is -3.80. The van der Waals surface area contributed by atoms with Crippen molar-refractivity contribution in [3.63, 3.8) is 0 Å². The molecule has 0 amide bonds. The highest BCUT2D eigenvalue weighted by molar-refractivity contribution is 6.15. The van der Waals surface area contributed by atoms with Crippen LogP contribution >= 0.6 is 0 Å². The number of nitriles is 1. The summed E-state index contributed by atoms with van der Waals surface area (Å²) >= 11 is 0. The van der Waals surface area contributed by atoms with Gasteiger partial charge in [-0.2, -0.15) is 18.4 Å². The summed E-state index contributed by atoms with van der Waals surface area (Å²) in [6.07, 6.45) is -0.613. The van der Waals surface area contributed by atoms with Crippen molar-refractivity contribution >= 4 is 11.4 Å². The number of alkyl halides is 3. The van der Waals surface area contributed by atoms with Gasteiger partial charge in [0.15, 0.2) is 11.5 Å². The molecule has 3 rings (SSSR count). The normalized spacial score (nSPS) is 11.9. The van der Waals surface area contributed by atoms with Gasteiger partial charge in [-0.05, 0) is 36.4 Å². The molecule has 28 heavy (non-hydrogen) atoms. The van der Waals surface area contributed by atoms with E-state index in [4.69, 9.17) is 0 Å². The molecule has 0 aliphatic heterocycles. The quantitative estimate of drug-likeness (QED) is 0.525. The second-order valence-electron chi connectivity index (χ2n) is 5.53. The van der Waals surface area contributed by atoms with E-state index in [9.17, 15) is 27.9 Å². The van der Waals surface area contributed by atoms with Crippen molar-refractivity contribution in [2.24, 2.45) is 4.99 Å². The van der Waals surface area contributed by atoms with Crippen LogP contribution in [0.3, 0.4) is 0 Å². The number of aromatic hydroxyl groups is 1. The SMILES string of the molecule is N#CC(=Nc1ccc(F)c(C(F)(F)F)c1)c1ccnc(-c2ccncc2)c1O. The third kappa shape index (κ3) is 3.81. The van der Waals surface area contributed by atoms with E-state index in [1.54, 1.807) is 18.2 Å². The molecule has 1 aromatic carbocycles. The number of pyridine rings is 2. The topological polar surface area (TPSA) is 82.2 Å². The van der Waals surface area contributed by atoms with Gasteiger partial charge in [0.1, 0.15) is 17.6 Å². The fraction of sp³-hybridized carbons (Fsp3) is 0.0526. The molecule has 5 nitrogen and oxygen atoms in total. The first-order chi connectivity index (χ1) is 13.3. The number of nitrogens with zero attached hydrogens (tertiary/aromatic N) is 4. The van der Waals surface area contributed by atoms with Crippen molar-refractivity contribution in [2.45, 2.75) is 6.18 Å². The smallest absolute Gasteiger partial charge is 0.419 e. The molecular formula is C19H10F4N4O. The number of aromatic nitrogens is 2. The van der Waals surface area contributed by atoms with Crippen LogP contribution in [-0.2, 0) is 6.18 Å². The predicted molar refractivity (Wildman–Crippen MR) is 92.3 cm³/mol. The van der Waals surface area contributed by atoms with Crippen molar-refractivity contribution in [3.8, 4) is 23.1 Å². The highest BCUT2D eigenvalue weighted by atomic mass is 19.4. The van der Waals surface area contributed by atoms with Crippen LogP contribution in [0.5, 0.6) is 5.75 Å².